The van der Waals surface area contributed by atoms with E-state index in [1.807, 2.05) is 0 Å². The van der Waals surface area contributed by atoms with E-state index in [0.717, 1.165) is 38.5 Å². The van der Waals surface area contributed by atoms with Crippen molar-refractivity contribution >= 4 is 5.91 Å². The number of amides is 1. The second-order valence-corrected chi connectivity index (χ2v) is 13.5. The third-order valence-electron chi connectivity index (χ3n) is 9.12. The van der Waals surface area contributed by atoms with Crippen LogP contribution < -0.4 is 5.32 Å². The third-order valence-corrected chi connectivity index (χ3v) is 9.12. The van der Waals surface area contributed by atoms with Gasteiger partial charge >= 0.3 is 0 Å². The Bertz CT molecular complexity index is 611. The molecule has 0 heterocycles. The predicted molar refractivity (Wildman–Crippen MR) is 190 cm³/mol. The van der Waals surface area contributed by atoms with E-state index in [1.54, 1.807) is 0 Å². The first-order valence-corrected chi connectivity index (χ1v) is 19.5. The maximum atomic E-state index is 12.4. The SMILES string of the molecule is CCCCCCCCCCCC/C=C/CCCC(O)C(O)C(CO)NC(=O)CCCCCCCCCCCCCCCCC. The van der Waals surface area contributed by atoms with Crippen LogP contribution in [-0.2, 0) is 4.79 Å². The van der Waals surface area contributed by atoms with Gasteiger partial charge in [0.1, 0.15) is 6.10 Å². The van der Waals surface area contributed by atoms with Crippen molar-refractivity contribution in [3.05, 3.63) is 12.2 Å². The summed E-state index contributed by atoms with van der Waals surface area (Å²) < 4.78 is 0. The van der Waals surface area contributed by atoms with Crippen molar-refractivity contribution < 1.29 is 20.1 Å². The van der Waals surface area contributed by atoms with Crippen LogP contribution in [0.1, 0.15) is 206 Å². The Hall–Kier alpha value is -0.910. The van der Waals surface area contributed by atoms with Gasteiger partial charge in [-0.3, -0.25) is 4.79 Å². The molecule has 0 saturated heterocycles. The second-order valence-electron chi connectivity index (χ2n) is 13.5. The molecular weight excluding hydrogens is 546 g/mol. The average Bonchev–Trinajstić information content (AvgIpc) is 3.03. The summed E-state index contributed by atoms with van der Waals surface area (Å²) in [7, 11) is 0. The number of hydrogen-bond acceptors (Lipinski definition) is 4. The lowest BCUT2D eigenvalue weighted by Crippen LogP contribution is -2.50. The minimum Gasteiger partial charge on any atom is -0.394 e. The van der Waals surface area contributed by atoms with E-state index in [-0.39, 0.29) is 12.5 Å². The fraction of sp³-hybridized carbons (Fsp3) is 0.923. The molecule has 0 aliphatic heterocycles. The van der Waals surface area contributed by atoms with Crippen molar-refractivity contribution in [2.75, 3.05) is 6.61 Å². The van der Waals surface area contributed by atoms with E-state index in [0.29, 0.717) is 12.8 Å². The van der Waals surface area contributed by atoms with Crippen LogP contribution in [0.5, 0.6) is 0 Å². The smallest absolute Gasteiger partial charge is 0.220 e. The summed E-state index contributed by atoms with van der Waals surface area (Å²) in [6, 6.07) is -0.819. The Kier molecular flexibility index (Phi) is 34.2. The van der Waals surface area contributed by atoms with Gasteiger partial charge in [-0.15, -0.1) is 0 Å². The number of nitrogens with one attached hydrogen (secondary N) is 1. The van der Waals surface area contributed by atoms with Crippen LogP contribution in [0.25, 0.3) is 0 Å². The lowest BCUT2D eigenvalue weighted by Gasteiger charge is -2.26. The fourth-order valence-corrected chi connectivity index (χ4v) is 6.04. The first-order chi connectivity index (χ1) is 21.6. The quantitative estimate of drug-likeness (QED) is 0.0418. The molecule has 5 nitrogen and oxygen atoms in total. The number of hydrogen-bond donors (Lipinski definition) is 4. The Morgan fingerprint density at radius 2 is 0.909 bits per heavy atom. The van der Waals surface area contributed by atoms with Crippen molar-refractivity contribution in [2.45, 2.75) is 225 Å². The predicted octanol–water partition coefficient (Wildman–Crippen LogP) is 10.5. The molecule has 44 heavy (non-hydrogen) atoms. The first kappa shape index (κ1) is 43.1. The van der Waals surface area contributed by atoms with E-state index in [1.165, 1.54) is 141 Å². The summed E-state index contributed by atoms with van der Waals surface area (Å²) in [5.41, 5.74) is 0. The van der Waals surface area contributed by atoms with Crippen LogP contribution in [0, 0.1) is 0 Å². The number of rotatable bonds is 35. The van der Waals surface area contributed by atoms with Gasteiger partial charge in [0, 0.05) is 6.42 Å². The minimum atomic E-state index is -1.15. The molecule has 0 bridgehead atoms. The zero-order chi connectivity index (χ0) is 32.4. The molecule has 0 aromatic carbocycles. The van der Waals surface area contributed by atoms with Gasteiger partial charge in [0.15, 0.2) is 0 Å². The van der Waals surface area contributed by atoms with Crippen LogP contribution in [-0.4, -0.2) is 46.1 Å². The van der Waals surface area contributed by atoms with Crippen molar-refractivity contribution in [3.63, 3.8) is 0 Å². The number of carbonyl (C=O) groups excluding carboxylic acids is 1. The molecule has 0 aliphatic carbocycles. The van der Waals surface area contributed by atoms with Crippen LogP contribution in [0.4, 0.5) is 0 Å². The Morgan fingerprint density at radius 1 is 0.545 bits per heavy atom. The topological polar surface area (TPSA) is 89.8 Å². The molecule has 0 aromatic rings. The molecule has 3 atom stereocenters. The summed E-state index contributed by atoms with van der Waals surface area (Å²) in [6.45, 7) is 4.16. The molecule has 0 spiro atoms. The second kappa shape index (κ2) is 35.0. The zero-order valence-electron chi connectivity index (χ0n) is 29.6. The van der Waals surface area contributed by atoms with Gasteiger partial charge in [-0.25, -0.2) is 0 Å². The average molecular weight is 624 g/mol. The molecule has 0 aromatic heterocycles. The fourth-order valence-electron chi connectivity index (χ4n) is 6.04. The molecule has 4 N–H and O–H groups in total. The molecular formula is C39H77NO4. The first-order valence-electron chi connectivity index (χ1n) is 19.5. The zero-order valence-corrected chi connectivity index (χ0v) is 29.6. The number of carbonyl (C=O) groups is 1. The third kappa shape index (κ3) is 29.8. The maximum Gasteiger partial charge on any atom is 0.220 e. The van der Waals surface area contributed by atoms with Gasteiger partial charge in [-0.1, -0.05) is 174 Å². The van der Waals surface area contributed by atoms with Gasteiger partial charge in [0.25, 0.3) is 0 Å². The van der Waals surface area contributed by atoms with E-state index in [2.05, 4.69) is 31.3 Å². The molecule has 0 rings (SSSR count). The van der Waals surface area contributed by atoms with Crippen LogP contribution in [0.2, 0.25) is 0 Å². The molecule has 3 unspecified atom stereocenters. The lowest BCUT2D eigenvalue weighted by molar-refractivity contribution is -0.124. The normalized spacial score (nSPS) is 13.8. The highest BCUT2D eigenvalue weighted by atomic mass is 16.3. The molecule has 0 aliphatic rings. The van der Waals surface area contributed by atoms with E-state index in [4.69, 9.17) is 0 Å². The van der Waals surface area contributed by atoms with Crippen LogP contribution in [0.15, 0.2) is 12.2 Å². The van der Waals surface area contributed by atoms with E-state index < -0.39 is 18.2 Å². The van der Waals surface area contributed by atoms with Gasteiger partial charge < -0.3 is 20.6 Å². The summed E-state index contributed by atoms with van der Waals surface area (Å²) in [5, 5.41) is 33.4. The van der Waals surface area contributed by atoms with Crippen molar-refractivity contribution in [2.24, 2.45) is 0 Å². The molecule has 262 valence electrons. The standard InChI is InChI=1S/C39H77NO4/c1-3-5-7-9-11-13-15-17-19-21-23-25-27-29-31-33-37(42)39(44)36(35-41)40-38(43)34-32-30-28-26-24-22-20-18-16-14-12-10-8-6-4-2/h25,27,36-37,39,41-42,44H,3-24,26,28-35H2,1-2H3,(H,40,43)/b27-25+. The maximum absolute atomic E-state index is 12.4. The van der Waals surface area contributed by atoms with Crippen molar-refractivity contribution in [3.8, 4) is 0 Å². The van der Waals surface area contributed by atoms with Gasteiger partial charge in [-0.05, 0) is 38.5 Å². The lowest BCUT2D eigenvalue weighted by atomic mass is 10.0. The molecule has 1 amide bonds. The van der Waals surface area contributed by atoms with Crippen LogP contribution >= 0.6 is 0 Å². The highest BCUT2D eigenvalue weighted by Crippen LogP contribution is 2.15. The summed E-state index contributed by atoms with van der Waals surface area (Å²) in [6.07, 6.45) is 38.8. The molecule has 5 heteroatoms. The van der Waals surface area contributed by atoms with E-state index in [9.17, 15) is 20.1 Å². The number of allylic oxidation sites excluding steroid dienone is 2. The summed E-state index contributed by atoms with van der Waals surface area (Å²) in [5.74, 6) is -0.153. The van der Waals surface area contributed by atoms with Gasteiger partial charge in [0.05, 0.1) is 18.8 Å². The van der Waals surface area contributed by atoms with Crippen molar-refractivity contribution in [1.29, 1.82) is 0 Å². The summed E-state index contributed by atoms with van der Waals surface area (Å²) >= 11 is 0. The van der Waals surface area contributed by atoms with Crippen LogP contribution in [0.3, 0.4) is 0 Å². The van der Waals surface area contributed by atoms with Gasteiger partial charge in [0.2, 0.25) is 5.91 Å². The Balaban J connectivity index is 3.69. The number of aliphatic hydroxyl groups excluding tert-OH is 3. The summed E-state index contributed by atoms with van der Waals surface area (Å²) in [4.78, 5) is 12.4. The Morgan fingerprint density at radius 3 is 1.32 bits per heavy atom. The molecule has 0 fully saturated rings. The molecule has 0 radical (unpaired) electrons. The highest BCUT2D eigenvalue weighted by Gasteiger charge is 2.26. The minimum absolute atomic E-state index is 0.153. The van der Waals surface area contributed by atoms with Gasteiger partial charge in [-0.2, -0.15) is 0 Å². The number of aliphatic hydroxyl groups is 3. The van der Waals surface area contributed by atoms with Crippen molar-refractivity contribution in [1.82, 2.24) is 5.32 Å². The largest absolute Gasteiger partial charge is 0.394 e. The highest BCUT2D eigenvalue weighted by molar-refractivity contribution is 5.76. The number of unbranched alkanes of at least 4 members (excludes halogenated alkanes) is 25. The van der Waals surface area contributed by atoms with E-state index >= 15 is 0 Å². The Labute approximate surface area is 274 Å². The monoisotopic (exact) mass is 624 g/mol. The molecule has 0 saturated carbocycles.